The van der Waals surface area contributed by atoms with Crippen LogP contribution >= 0.6 is 0 Å². The lowest BCUT2D eigenvalue weighted by Crippen LogP contribution is -2.52. The van der Waals surface area contributed by atoms with Crippen LogP contribution in [0, 0.1) is 18.8 Å². The van der Waals surface area contributed by atoms with Crippen LogP contribution in [0.3, 0.4) is 0 Å². The molecule has 0 spiro atoms. The summed E-state index contributed by atoms with van der Waals surface area (Å²) in [5.41, 5.74) is 10.9. The maximum absolute atomic E-state index is 12.3. The first-order valence-electron chi connectivity index (χ1n) is 7.14. The van der Waals surface area contributed by atoms with Crippen molar-refractivity contribution >= 4 is 5.91 Å². The smallest absolute Gasteiger partial charge is 0.265 e. The molecule has 0 radical (unpaired) electrons. The highest BCUT2D eigenvalue weighted by molar-refractivity contribution is 5.94. The molecule has 0 saturated carbocycles. The highest BCUT2D eigenvalue weighted by atomic mass is 16.2. The number of nitrogens with zero attached hydrogens (tertiary/aromatic N) is 2. The zero-order valence-electron chi connectivity index (χ0n) is 12.6. The number of rotatable bonds is 2. The highest BCUT2D eigenvalue weighted by Gasteiger charge is 2.16. The molecule has 1 fully saturated rings. The fraction of sp³-hybridized carbons (Fsp3) is 0.438. The van der Waals surface area contributed by atoms with Gasteiger partial charge in [-0.1, -0.05) is 17.9 Å². The van der Waals surface area contributed by atoms with Gasteiger partial charge in [0.15, 0.2) is 0 Å². The number of amides is 1. The Morgan fingerprint density at radius 1 is 1.33 bits per heavy atom. The second-order valence-electron chi connectivity index (χ2n) is 5.27. The topological polar surface area (TPSA) is 61.6 Å². The van der Waals surface area contributed by atoms with Gasteiger partial charge in [0.25, 0.3) is 5.91 Å². The lowest BCUT2D eigenvalue weighted by atomic mass is 10.0. The Labute approximate surface area is 126 Å². The number of hydrogen-bond acceptors (Lipinski definition) is 4. The minimum Gasteiger partial charge on any atom is -0.320 e. The largest absolute Gasteiger partial charge is 0.320 e. The van der Waals surface area contributed by atoms with Crippen LogP contribution in [0.4, 0.5) is 0 Å². The average Bonchev–Trinajstić information content (AvgIpc) is 2.48. The van der Waals surface area contributed by atoms with Crippen LogP contribution in [0.5, 0.6) is 0 Å². The highest BCUT2D eigenvalue weighted by Crippen LogP contribution is 2.10. The summed E-state index contributed by atoms with van der Waals surface area (Å²) in [6.07, 6.45) is 0. The second kappa shape index (κ2) is 7.23. The van der Waals surface area contributed by atoms with Gasteiger partial charge < -0.3 is 10.6 Å². The van der Waals surface area contributed by atoms with E-state index < -0.39 is 0 Å². The monoisotopic (exact) mass is 286 g/mol. The normalized spacial score (nSPS) is 16.1. The molecule has 1 aliphatic heterocycles. The SMILES string of the molecule is Cc1ccc(C(=O)NN2CCN(C)CC2)cc1C#CCN. The first-order valence-corrected chi connectivity index (χ1v) is 7.14. The molecule has 2 rings (SSSR count). The standard InChI is InChI=1S/C16H22N4O/c1-13-5-6-15(12-14(13)4-3-7-17)16(21)18-20-10-8-19(2)9-11-20/h5-6,12H,7-11,17H2,1-2H3,(H,18,21). The number of benzene rings is 1. The number of piperazine rings is 1. The maximum atomic E-state index is 12.3. The van der Waals surface area contributed by atoms with E-state index in [-0.39, 0.29) is 5.91 Å². The first-order chi connectivity index (χ1) is 10.1. The molecule has 0 aliphatic carbocycles. The zero-order chi connectivity index (χ0) is 15.2. The molecule has 0 unspecified atom stereocenters. The van der Waals surface area contributed by atoms with E-state index in [9.17, 15) is 4.79 Å². The quantitative estimate of drug-likeness (QED) is 0.762. The van der Waals surface area contributed by atoms with Crippen molar-refractivity contribution in [3.05, 3.63) is 34.9 Å². The van der Waals surface area contributed by atoms with Crippen LogP contribution < -0.4 is 11.2 Å². The van der Waals surface area contributed by atoms with Gasteiger partial charge in [-0.15, -0.1) is 0 Å². The van der Waals surface area contributed by atoms with Crippen molar-refractivity contribution in [3.63, 3.8) is 0 Å². The van der Waals surface area contributed by atoms with Crippen LogP contribution in [0.25, 0.3) is 0 Å². The summed E-state index contributed by atoms with van der Waals surface area (Å²) >= 11 is 0. The molecule has 112 valence electrons. The van der Waals surface area contributed by atoms with Crippen molar-refractivity contribution < 1.29 is 4.79 Å². The van der Waals surface area contributed by atoms with Gasteiger partial charge in [0.05, 0.1) is 6.54 Å². The van der Waals surface area contributed by atoms with Crippen LogP contribution in [0.1, 0.15) is 21.5 Å². The number of aryl methyl sites for hydroxylation is 1. The minimum absolute atomic E-state index is 0.0876. The third-order valence-electron chi connectivity index (χ3n) is 3.59. The van der Waals surface area contributed by atoms with E-state index in [1.165, 1.54) is 0 Å². The molecule has 0 bridgehead atoms. The Hall–Kier alpha value is -1.87. The van der Waals surface area contributed by atoms with Gasteiger partial charge in [-0.2, -0.15) is 0 Å². The van der Waals surface area contributed by atoms with E-state index >= 15 is 0 Å². The van der Waals surface area contributed by atoms with Gasteiger partial charge >= 0.3 is 0 Å². The number of likely N-dealkylation sites (N-methyl/N-ethyl adjacent to an activating group) is 1. The number of carbonyl (C=O) groups is 1. The molecule has 1 aromatic rings. The fourth-order valence-electron chi connectivity index (χ4n) is 2.17. The second-order valence-corrected chi connectivity index (χ2v) is 5.27. The zero-order valence-corrected chi connectivity index (χ0v) is 12.6. The third-order valence-corrected chi connectivity index (χ3v) is 3.59. The van der Waals surface area contributed by atoms with Crippen LogP contribution in [0.2, 0.25) is 0 Å². The molecule has 1 aromatic carbocycles. The van der Waals surface area contributed by atoms with E-state index in [1.54, 1.807) is 0 Å². The van der Waals surface area contributed by atoms with E-state index in [2.05, 4.69) is 29.2 Å². The van der Waals surface area contributed by atoms with E-state index in [1.807, 2.05) is 30.1 Å². The Balaban J connectivity index is 2.05. The molecule has 5 nitrogen and oxygen atoms in total. The summed E-state index contributed by atoms with van der Waals surface area (Å²) in [6.45, 7) is 5.89. The molecular weight excluding hydrogens is 264 g/mol. The van der Waals surface area contributed by atoms with Crippen molar-refractivity contribution in [1.82, 2.24) is 15.3 Å². The Morgan fingerprint density at radius 2 is 2.05 bits per heavy atom. The van der Waals surface area contributed by atoms with Gasteiger partial charge in [-0.05, 0) is 31.7 Å². The minimum atomic E-state index is -0.0876. The summed E-state index contributed by atoms with van der Waals surface area (Å²) in [7, 11) is 2.08. The number of nitrogens with two attached hydrogens (primary N) is 1. The lowest BCUT2D eigenvalue weighted by molar-refractivity contribution is 0.0662. The maximum Gasteiger partial charge on any atom is 0.265 e. The molecule has 0 aromatic heterocycles. The number of hydrogen-bond donors (Lipinski definition) is 2. The van der Waals surface area contributed by atoms with Crippen LogP contribution in [0.15, 0.2) is 18.2 Å². The summed E-state index contributed by atoms with van der Waals surface area (Å²) in [5.74, 6) is 5.74. The number of carbonyl (C=O) groups excluding carboxylic acids is 1. The van der Waals surface area contributed by atoms with Crippen molar-refractivity contribution in [2.45, 2.75) is 6.92 Å². The lowest BCUT2D eigenvalue weighted by Gasteiger charge is -2.32. The Bertz CT molecular complexity index is 565. The molecule has 5 heteroatoms. The van der Waals surface area contributed by atoms with Gasteiger partial charge in [-0.25, -0.2) is 5.01 Å². The summed E-state index contributed by atoms with van der Waals surface area (Å²) in [5, 5.41) is 1.97. The summed E-state index contributed by atoms with van der Waals surface area (Å²) < 4.78 is 0. The van der Waals surface area contributed by atoms with E-state index in [4.69, 9.17) is 5.73 Å². The fourth-order valence-corrected chi connectivity index (χ4v) is 2.17. The van der Waals surface area contributed by atoms with E-state index in [0.717, 1.165) is 37.3 Å². The van der Waals surface area contributed by atoms with Crippen molar-refractivity contribution in [2.24, 2.45) is 5.73 Å². The molecule has 1 amide bonds. The molecule has 21 heavy (non-hydrogen) atoms. The molecule has 1 saturated heterocycles. The van der Waals surface area contributed by atoms with Gasteiger partial charge in [0, 0.05) is 37.3 Å². The molecule has 1 aliphatic rings. The first kappa shape index (κ1) is 15.5. The van der Waals surface area contributed by atoms with Gasteiger partial charge in [0.1, 0.15) is 0 Å². The van der Waals surface area contributed by atoms with Crippen LogP contribution in [-0.4, -0.2) is 55.6 Å². The number of hydrazine groups is 1. The summed E-state index contributed by atoms with van der Waals surface area (Å²) in [6, 6.07) is 5.57. The van der Waals surface area contributed by atoms with Gasteiger partial charge in [0.2, 0.25) is 0 Å². The van der Waals surface area contributed by atoms with Crippen molar-refractivity contribution in [3.8, 4) is 11.8 Å². The van der Waals surface area contributed by atoms with Gasteiger partial charge in [-0.3, -0.25) is 10.2 Å². The average molecular weight is 286 g/mol. The number of nitrogens with one attached hydrogen (secondary N) is 1. The molecule has 1 heterocycles. The summed E-state index contributed by atoms with van der Waals surface area (Å²) in [4.78, 5) is 14.5. The van der Waals surface area contributed by atoms with Crippen molar-refractivity contribution in [2.75, 3.05) is 39.8 Å². The molecule has 3 N–H and O–H groups in total. The van der Waals surface area contributed by atoms with E-state index in [0.29, 0.717) is 12.1 Å². The van der Waals surface area contributed by atoms with Crippen molar-refractivity contribution in [1.29, 1.82) is 0 Å². The molecular formula is C16H22N4O. The van der Waals surface area contributed by atoms with Crippen LogP contribution in [-0.2, 0) is 0 Å². The molecule has 0 atom stereocenters. The predicted molar refractivity (Wildman–Crippen MR) is 83.6 cm³/mol. The Morgan fingerprint density at radius 3 is 2.71 bits per heavy atom. The Kier molecular flexibility index (Phi) is 5.34. The third kappa shape index (κ3) is 4.30. The predicted octanol–water partition coefficient (Wildman–Crippen LogP) is 0.197.